The van der Waals surface area contributed by atoms with Crippen LogP contribution < -0.4 is 5.32 Å². The Balaban J connectivity index is 1.72. The van der Waals surface area contributed by atoms with E-state index >= 15 is 0 Å². The number of nitrogens with one attached hydrogen (secondary N) is 1. The van der Waals surface area contributed by atoms with Crippen molar-refractivity contribution in [2.24, 2.45) is 0 Å². The lowest BCUT2D eigenvalue weighted by Crippen LogP contribution is -2.40. The third-order valence-electron chi connectivity index (χ3n) is 4.07. The zero-order chi connectivity index (χ0) is 14.4. The average Bonchev–Trinajstić information content (AvgIpc) is 3.09. The van der Waals surface area contributed by atoms with E-state index < -0.39 is 6.04 Å². The smallest absolute Gasteiger partial charge is 0.247 e. The van der Waals surface area contributed by atoms with Gasteiger partial charge in [-0.3, -0.25) is 19.8 Å². The maximum Gasteiger partial charge on any atom is 0.247 e. The van der Waals surface area contributed by atoms with Crippen LogP contribution in [-0.4, -0.2) is 34.0 Å². The van der Waals surface area contributed by atoms with Gasteiger partial charge in [0.05, 0.1) is 18.2 Å². The number of hydrogen-bond acceptors (Lipinski definition) is 5. The summed E-state index contributed by atoms with van der Waals surface area (Å²) >= 11 is 0. The number of aryl methyl sites for hydroxylation is 2. The van der Waals surface area contributed by atoms with Gasteiger partial charge in [-0.2, -0.15) is 0 Å². The van der Waals surface area contributed by atoms with Crippen LogP contribution in [0.2, 0.25) is 0 Å². The number of nitrogens with zero attached hydrogens (tertiary/aromatic N) is 2. The highest BCUT2D eigenvalue weighted by molar-refractivity contribution is 6.06. The van der Waals surface area contributed by atoms with Crippen molar-refractivity contribution in [2.45, 2.75) is 58.2 Å². The largest absolute Gasteiger partial charge is 0.361 e. The van der Waals surface area contributed by atoms with Gasteiger partial charge < -0.3 is 4.52 Å². The zero-order valence-corrected chi connectivity index (χ0v) is 12.0. The summed E-state index contributed by atoms with van der Waals surface area (Å²) in [6.45, 7) is 5.69. The summed E-state index contributed by atoms with van der Waals surface area (Å²) in [6, 6.07) is -0.342. The molecule has 6 heteroatoms. The van der Waals surface area contributed by atoms with Gasteiger partial charge in [0.25, 0.3) is 0 Å². The van der Waals surface area contributed by atoms with Crippen molar-refractivity contribution in [3.05, 3.63) is 17.0 Å². The number of imide groups is 1. The Bertz CT molecular complexity index is 543. The van der Waals surface area contributed by atoms with Gasteiger partial charge in [-0.15, -0.1) is 0 Å². The topological polar surface area (TPSA) is 75.4 Å². The number of aromatic nitrogens is 1. The molecule has 1 saturated heterocycles. The predicted molar refractivity (Wildman–Crippen MR) is 70.8 cm³/mol. The highest BCUT2D eigenvalue weighted by Crippen LogP contribution is 2.32. The molecule has 2 amide bonds. The first-order chi connectivity index (χ1) is 9.49. The lowest BCUT2D eigenvalue weighted by Gasteiger charge is -2.18. The van der Waals surface area contributed by atoms with Crippen LogP contribution >= 0.6 is 0 Å². The molecule has 1 saturated carbocycles. The molecule has 108 valence electrons. The standard InChI is InChI=1S/C14H19N3O3/c1-7(13-8(2)16-20-9(13)3)15-11-6-12(18)17(14(11)19)10-4-5-10/h7,10-11,15H,4-6H2,1-3H3. The maximum atomic E-state index is 12.3. The van der Waals surface area contributed by atoms with Crippen LogP contribution in [0.1, 0.15) is 49.2 Å². The third kappa shape index (κ3) is 2.14. The van der Waals surface area contributed by atoms with E-state index in [1.807, 2.05) is 20.8 Å². The Morgan fingerprint density at radius 3 is 2.60 bits per heavy atom. The van der Waals surface area contributed by atoms with Crippen LogP contribution in [0.4, 0.5) is 0 Å². The molecule has 1 N–H and O–H groups in total. The van der Waals surface area contributed by atoms with Gasteiger partial charge >= 0.3 is 0 Å². The number of carbonyl (C=O) groups is 2. The Hall–Kier alpha value is -1.69. The first-order valence-corrected chi connectivity index (χ1v) is 7.03. The lowest BCUT2D eigenvalue weighted by atomic mass is 10.1. The molecule has 0 spiro atoms. The molecule has 0 aromatic carbocycles. The molecule has 2 aliphatic rings. The predicted octanol–water partition coefficient (Wildman–Crippen LogP) is 1.23. The van der Waals surface area contributed by atoms with Crippen molar-refractivity contribution in [1.82, 2.24) is 15.4 Å². The quantitative estimate of drug-likeness (QED) is 0.838. The van der Waals surface area contributed by atoms with Crippen LogP contribution in [0.5, 0.6) is 0 Å². The Labute approximate surface area is 117 Å². The molecule has 1 aliphatic carbocycles. The second-order valence-electron chi connectivity index (χ2n) is 5.72. The average molecular weight is 277 g/mol. The summed E-state index contributed by atoms with van der Waals surface area (Å²) in [5.41, 5.74) is 1.79. The van der Waals surface area contributed by atoms with E-state index in [0.29, 0.717) is 0 Å². The van der Waals surface area contributed by atoms with Crippen molar-refractivity contribution in [1.29, 1.82) is 0 Å². The first-order valence-electron chi connectivity index (χ1n) is 7.03. The molecule has 0 bridgehead atoms. The molecule has 1 aromatic heterocycles. The molecule has 2 atom stereocenters. The molecule has 3 rings (SSSR count). The van der Waals surface area contributed by atoms with Crippen molar-refractivity contribution in [3.63, 3.8) is 0 Å². The fourth-order valence-electron chi connectivity index (χ4n) is 2.99. The molecule has 1 aliphatic heterocycles. The summed E-state index contributed by atoms with van der Waals surface area (Å²) in [5, 5.41) is 7.17. The van der Waals surface area contributed by atoms with Gasteiger partial charge in [0.15, 0.2) is 0 Å². The number of amides is 2. The molecule has 2 fully saturated rings. The first kappa shape index (κ1) is 13.3. The number of carbonyl (C=O) groups excluding carboxylic acids is 2. The van der Waals surface area contributed by atoms with Crippen LogP contribution in [0.25, 0.3) is 0 Å². The number of hydrogen-bond donors (Lipinski definition) is 1. The Morgan fingerprint density at radius 2 is 2.05 bits per heavy atom. The minimum absolute atomic E-state index is 0.0547. The van der Waals surface area contributed by atoms with E-state index in [4.69, 9.17) is 4.52 Å². The monoisotopic (exact) mass is 277 g/mol. The van der Waals surface area contributed by atoms with E-state index in [0.717, 1.165) is 29.9 Å². The highest BCUT2D eigenvalue weighted by Gasteiger charge is 2.46. The fourth-order valence-corrected chi connectivity index (χ4v) is 2.99. The summed E-state index contributed by atoms with van der Waals surface area (Å²) in [7, 11) is 0. The van der Waals surface area contributed by atoms with E-state index in [-0.39, 0.29) is 30.3 Å². The van der Waals surface area contributed by atoms with E-state index in [1.54, 1.807) is 0 Å². The van der Waals surface area contributed by atoms with Gasteiger partial charge in [0, 0.05) is 17.6 Å². The van der Waals surface area contributed by atoms with Crippen LogP contribution in [0, 0.1) is 13.8 Å². The van der Waals surface area contributed by atoms with Gasteiger partial charge in [0.2, 0.25) is 11.8 Å². The van der Waals surface area contributed by atoms with Crippen LogP contribution in [0.3, 0.4) is 0 Å². The van der Waals surface area contributed by atoms with Crippen molar-refractivity contribution in [3.8, 4) is 0 Å². The molecule has 0 radical (unpaired) electrons. The van der Waals surface area contributed by atoms with Crippen LogP contribution in [-0.2, 0) is 9.59 Å². The number of likely N-dealkylation sites (tertiary alicyclic amines) is 1. The van der Waals surface area contributed by atoms with Crippen molar-refractivity contribution >= 4 is 11.8 Å². The molecule has 6 nitrogen and oxygen atoms in total. The fraction of sp³-hybridized carbons (Fsp3) is 0.643. The molecular weight excluding hydrogens is 258 g/mol. The van der Waals surface area contributed by atoms with E-state index in [9.17, 15) is 9.59 Å². The molecule has 1 aromatic rings. The summed E-state index contributed by atoms with van der Waals surface area (Å²) in [5.74, 6) is 0.607. The van der Waals surface area contributed by atoms with Crippen molar-refractivity contribution in [2.75, 3.05) is 0 Å². The lowest BCUT2D eigenvalue weighted by molar-refractivity contribution is -0.139. The van der Waals surface area contributed by atoms with Crippen LogP contribution in [0.15, 0.2) is 4.52 Å². The molecule has 2 unspecified atom stereocenters. The van der Waals surface area contributed by atoms with Crippen molar-refractivity contribution < 1.29 is 14.1 Å². The molecule has 20 heavy (non-hydrogen) atoms. The van der Waals surface area contributed by atoms with Gasteiger partial charge in [-0.05, 0) is 33.6 Å². The SMILES string of the molecule is Cc1noc(C)c1C(C)NC1CC(=O)N(C2CC2)C1=O. The number of rotatable bonds is 4. The van der Waals surface area contributed by atoms with Gasteiger partial charge in [-0.1, -0.05) is 5.16 Å². The van der Waals surface area contributed by atoms with E-state index in [1.165, 1.54) is 4.90 Å². The summed E-state index contributed by atoms with van der Waals surface area (Å²) < 4.78 is 5.15. The summed E-state index contributed by atoms with van der Waals surface area (Å²) in [6.07, 6.45) is 2.15. The van der Waals surface area contributed by atoms with E-state index in [2.05, 4.69) is 10.5 Å². The Kier molecular flexibility index (Phi) is 3.12. The second kappa shape index (κ2) is 4.70. The molecule has 2 heterocycles. The zero-order valence-electron chi connectivity index (χ0n) is 12.0. The minimum atomic E-state index is -0.424. The van der Waals surface area contributed by atoms with Gasteiger partial charge in [-0.25, -0.2) is 0 Å². The second-order valence-corrected chi connectivity index (χ2v) is 5.72. The maximum absolute atomic E-state index is 12.3. The minimum Gasteiger partial charge on any atom is -0.361 e. The summed E-state index contributed by atoms with van der Waals surface area (Å²) in [4.78, 5) is 25.6. The Morgan fingerprint density at radius 1 is 1.35 bits per heavy atom. The third-order valence-corrected chi connectivity index (χ3v) is 4.07. The molecular formula is C14H19N3O3. The van der Waals surface area contributed by atoms with Gasteiger partial charge in [0.1, 0.15) is 5.76 Å². The highest BCUT2D eigenvalue weighted by atomic mass is 16.5. The normalized spacial score (nSPS) is 24.6.